The third-order valence-electron chi connectivity index (χ3n) is 7.62. The van der Waals surface area contributed by atoms with Crippen molar-refractivity contribution < 1.29 is 4.74 Å². The second-order valence-corrected chi connectivity index (χ2v) is 9.10. The second-order valence-electron chi connectivity index (χ2n) is 9.10. The Morgan fingerprint density at radius 1 is 1.00 bits per heavy atom. The normalized spacial score (nSPS) is 26.9. The van der Waals surface area contributed by atoms with E-state index in [1.54, 1.807) is 0 Å². The van der Waals surface area contributed by atoms with Crippen molar-refractivity contribution in [2.45, 2.75) is 56.6 Å². The highest BCUT2D eigenvalue weighted by Gasteiger charge is 2.49. The molecule has 3 heteroatoms. The summed E-state index contributed by atoms with van der Waals surface area (Å²) in [5.41, 5.74) is 6.90. The molecule has 2 heterocycles. The molecule has 2 aromatic carbocycles. The van der Waals surface area contributed by atoms with E-state index in [4.69, 9.17) is 4.74 Å². The Balaban J connectivity index is 1.53. The van der Waals surface area contributed by atoms with E-state index in [-0.39, 0.29) is 11.1 Å². The van der Waals surface area contributed by atoms with Crippen molar-refractivity contribution in [3.63, 3.8) is 0 Å². The summed E-state index contributed by atoms with van der Waals surface area (Å²) >= 11 is 0. The highest BCUT2D eigenvalue weighted by molar-refractivity contribution is 5.86. The number of nitrogens with zero attached hydrogens (tertiary/aromatic N) is 1. The third kappa shape index (κ3) is 2.86. The number of hydrogen-bond donors (Lipinski definition) is 1. The molecule has 0 bridgehead atoms. The van der Waals surface area contributed by atoms with Crippen LogP contribution in [-0.2, 0) is 28.7 Å². The van der Waals surface area contributed by atoms with Crippen LogP contribution in [0.25, 0.3) is 10.9 Å². The lowest BCUT2D eigenvalue weighted by molar-refractivity contribution is -0.113. The smallest absolute Gasteiger partial charge is 0.108 e. The molecule has 1 saturated carbocycles. The van der Waals surface area contributed by atoms with E-state index in [0.717, 1.165) is 45.1 Å². The molecule has 2 aliphatic rings. The molecule has 0 saturated heterocycles. The van der Waals surface area contributed by atoms with Crippen LogP contribution in [0.2, 0.25) is 0 Å². The molecule has 0 unspecified atom stereocenters. The fourth-order valence-corrected chi connectivity index (χ4v) is 5.79. The first-order chi connectivity index (χ1) is 14.1. The van der Waals surface area contributed by atoms with Gasteiger partial charge in [-0.05, 0) is 81.4 Å². The van der Waals surface area contributed by atoms with Gasteiger partial charge in [0.25, 0.3) is 0 Å². The molecule has 3 aromatic rings. The van der Waals surface area contributed by atoms with E-state index in [9.17, 15) is 0 Å². The highest BCUT2D eigenvalue weighted by atomic mass is 16.5. The van der Waals surface area contributed by atoms with Crippen LogP contribution in [0.4, 0.5) is 0 Å². The zero-order chi connectivity index (χ0) is 20.1. The molecule has 29 heavy (non-hydrogen) atoms. The van der Waals surface area contributed by atoms with Crippen LogP contribution < -0.4 is 0 Å². The minimum atomic E-state index is -0.159. The van der Waals surface area contributed by atoms with Gasteiger partial charge in [-0.15, -0.1) is 0 Å². The predicted octanol–water partition coefficient (Wildman–Crippen LogP) is 5.53. The molecule has 1 spiro atoms. The van der Waals surface area contributed by atoms with Crippen LogP contribution in [0.1, 0.15) is 55.0 Å². The van der Waals surface area contributed by atoms with Gasteiger partial charge in [-0.3, -0.25) is 4.90 Å². The van der Waals surface area contributed by atoms with Gasteiger partial charge in [0.1, 0.15) is 5.60 Å². The van der Waals surface area contributed by atoms with Crippen LogP contribution in [0, 0.1) is 0 Å². The van der Waals surface area contributed by atoms with Gasteiger partial charge in [0, 0.05) is 16.4 Å². The number of benzene rings is 2. The van der Waals surface area contributed by atoms with Crippen LogP contribution in [-0.4, -0.2) is 30.6 Å². The van der Waals surface area contributed by atoms with Crippen molar-refractivity contribution in [2.75, 3.05) is 20.7 Å². The van der Waals surface area contributed by atoms with Crippen molar-refractivity contribution in [1.82, 2.24) is 9.88 Å². The summed E-state index contributed by atoms with van der Waals surface area (Å²) in [6.45, 7) is 3.06. The van der Waals surface area contributed by atoms with E-state index in [2.05, 4.69) is 79.4 Å². The number of aryl methyl sites for hydroxylation is 1. The number of aromatic nitrogens is 1. The maximum Gasteiger partial charge on any atom is 0.108 e. The van der Waals surface area contributed by atoms with Gasteiger partial charge in [0.2, 0.25) is 0 Å². The molecule has 1 fully saturated rings. The number of hydrogen-bond acceptors (Lipinski definition) is 2. The lowest BCUT2D eigenvalue weighted by Gasteiger charge is -2.50. The quantitative estimate of drug-likeness (QED) is 0.639. The molecular weight excluding hydrogens is 356 g/mol. The van der Waals surface area contributed by atoms with Crippen molar-refractivity contribution in [2.24, 2.45) is 0 Å². The largest absolute Gasteiger partial charge is 0.368 e. The van der Waals surface area contributed by atoms with E-state index >= 15 is 0 Å². The number of rotatable bonds is 3. The summed E-state index contributed by atoms with van der Waals surface area (Å²) in [7, 11) is 4.46. The van der Waals surface area contributed by atoms with Gasteiger partial charge < -0.3 is 9.72 Å². The highest BCUT2D eigenvalue weighted by Crippen LogP contribution is 2.52. The predicted molar refractivity (Wildman–Crippen MR) is 119 cm³/mol. The zero-order valence-corrected chi connectivity index (χ0v) is 17.9. The first kappa shape index (κ1) is 18.9. The average Bonchev–Trinajstić information content (AvgIpc) is 3.14. The lowest BCUT2D eigenvalue weighted by atomic mass is 9.68. The van der Waals surface area contributed by atoms with E-state index < -0.39 is 0 Å². The Bertz CT molecular complexity index is 1010. The number of aromatic amines is 1. The van der Waals surface area contributed by atoms with Crippen LogP contribution in [0.15, 0.2) is 48.5 Å². The van der Waals surface area contributed by atoms with Gasteiger partial charge in [-0.1, -0.05) is 43.3 Å². The summed E-state index contributed by atoms with van der Waals surface area (Å²) in [4.78, 5) is 6.21. The maximum absolute atomic E-state index is 6.58. The third-order valence-corrected chi connectivity index (χ3v) is 7.62. The lowest BCUT2D eigenvalue weighted by Crippen LogP contribution is -2.50. The van der Waals surface area contributed by atoms with E-state index in [1.165, 1.54) is 33.3 Å². The van der Waals surface area contributed by atoms with Crippen molar-refractivity contribution >= 4 is 10.9 Å². The topological polar surface area (TPSA) is 28.3 Å². The summed E-state index contributed by atoms with van der Waals surface area (Å²) in [6, 6.07) is 17.9. The molecule has 1 aliphatic carbocycles. The molecule has 5 rings (SSSR count). The van der Waals surface area contributed by atoms with Crippen LogP contribution in [0.3, 0.4) is 0 Å². The molecule has 0 atom stereocenters. The van der Waals surface area contributed by atoms with E-state index in [1.807, 2.05) is 0 Å². The van der Waals surface area contributed by atoms with Crippen LogP contribution in [0.5, 0.6) is 0 Å². The molecule has 0 radical (unpaired) electrons. The minimum absolute atomic E-state index is 0.0921. The van der Waals surface area contributed by atoms with Gasteiger partial charge in [0.05, 0.1) is 12.3 Å². The van der Waals surface area contributed by atoms with Gasteiger partial charge in [0.15, 0.2) is 0 Å². The fraction of sp³-hybridized carbons (Fsp3) is 0.462. The minimum Gasteiger partial charge on any atom is -0.368 e. The van der Waals surface area contributed by atoms with Crippen molar-refractivity contribution in [3.8, 4) is 0 Å². The van der Waals surface area contributed by atoms with Crippen molar-refractivity contribution in [1.29, 1.82) is 0 Å². The van der Waals surface area contributed by atoms with Gasteiger partial charge in [-0.2, -0.15) is 0 Å². The Kier molecular flexibility index (Phi) is 4.56. The Hall–Kier alpha value is -2.10. The Labute approximate surface area is 174 Å². The monoisotopic (exact) mass is 388 g/mol. The average molecular weight is 389 g/mol. The fourth-order valence-electron chi connectivity index (χ4n) is 5.79. The number of H-pyrrole nitrogens is 1. The number of nitrogens with one attached hydrogen (secondary N) is 1. The molecule has 1 aliphatic heterocycles. The molecule has 3 nitrogen and oxygen atoms in total. The number of fused-ring (bicyclic) bond motifs is 4. The van der Waals surface area contributed by atoms with E-state index in [0.29, 0.717) is 0 Å². The maximum atomic E-state index is 6.58. The van der Waals surface area contributed by atoms with Gasteiger partial charge in [-0.25, -0.2) is 0 Å². The SMILES string of the molecule is CCc1ccc2[nH]c3c(c2c1)CCOC31CCC(c2ccccc2)(N(C)C)CC1. The Morgan fingerprint density at radius 2 is 1.76 bits per heavy atom. The zero-order valence-electron chi connectivity index (χ0n) is 17.9. The van der Waals surface area contributed by atoms with Gasteiger partial charge >= 0.3 is 0 Å². The van der Waals surface area contributed by atoms with Crippen molar-refractivity contribution in [3.05, 3.63) is 70.9 Å². The van der Waals surface area contributed by atoms with Crippen LogP contribution >= 0.6 is 0 Å². The molecule has 0 amide bonds. The molecule has 152 valence electrons. The summed E-state index contributed by atoms with van der Waals surface area (Å²) in [5.74, 6) is 0. The summed E-state index contributed by atoms with van der Waals surface area (Å²) in [6.07, 6.45) is 6.43. The first-order valence-electron chi connectivity index (χ1n) is 11.1. The Morgan fingerprint density at radius 3 is 2.45 bits per heavy atom. The molecule has 1 aromatic heterocycles. The molecule has 1 N–H and O–H groups in total. The molecular formula is C26H32N2O. The summed E-state index contributed by atoms with van der Waals surface area (Å²) in [5, 5.41) is 1.41. The number of ether oxygens (including phenoxy) is 1. The first-order valence-corrected chi connectivity index (χ1v) is 11.1. The standard InChI is InChI=1S/C26H32N2O/c1-4-19-10-11-23-22(18-19)21-12-17-29-26(24(21)27-23)15-13-25(14-16-26,28(2)3)20-8-6-5-7-9-20/h5-11,18,27H,4,12-17H2,1-3H3. The summed E-state index contributed by atoms with van der Waals surface area (Å²) < 4.78 is 6.58. The second kappa shape index (κ2) is 7.00.